The lowest BCUT2D eigenvalue weighted by Gasteiger charge is -2.20. The minimum atomic E-state index is -3.35. The predicted octanol–water partition coefficient (Wildman–Crippen LogP) is 2.72. The van der Waals surface area contributed by atoms with Crippen LogP contribution in [0.25, 0.3) is 0 Å². The smallest absolute Gasteiger partial charge is 0.237 e. The first-order valence-corrected chi connectivity index (χ1v) is 7.95. The van der Waals surface area contributed by atoms with Gasteiger partial charge in [0.25, 0.3) is 0 Å². The predicted molar refractivity (Wildman–Crippen MR) is 80.7 cm³/mol. The monoisotopic (exact) mass is 284 g/mol. The van der Waals surface area contributed by atoms with Crippen LogP contribution in [-0.4, -0.2) is 19.2 Å². The highest BCUT2D eigenvalue weighted by Gasteiger charge is 2.28. The molecule has 1 rings (SSSR count). The van der Waals surface area contributed by atoms with Crippen LogP contribution >= 0.6 is 0 Å². The van der Waals surface area contributed by atoms with Gasteiger partial charge in [-0.15, -0.1) is 0 Å². The number of anilines is 1. The maximum atomic E-state index is 12.0. The largest absolute Gasteiger partial charge is 0.310 e. The van der Waals surface area contributed by atoms with Crippen molar-refractivity contribution >= 4 is 15.7 Å². The Morgan fingerprint density at radius 1 is 1.11 bits per heavy atom. The molecule has 0 saturated carbocycles. The van der Waals surface area contributed by atoms with Crippen molar-refractivity contribution in [3.63, 3.8) is 0 Å². The first kappa shape index (κ1) is 16.0. The molecule has 4 nitrogen and oxygen atoms in total. The van der Waals surface area contributed by atoms with Gasteiger partial charge in [-0.05, 0) is 38.5 Å². The van der Waals surface area contributed by atoms with Gasteiger partial charge in [0.05, 0.1) is 4.75 Å². The first-order valence-electron chi connectivity index (χ1n) is 6.46. The molecule has 0 fully saturated rings. The molecule has 0 aliphatic rings. The second-order valence-electron chi connectivity index (χ2n) is 5.95. The van der Waals surface area contributed by atoms with Gasteiger partial charge in [0.2, 0.25) is 10.0 Å². The molecule has 1 aromatic carbocycles. The van der Waals surface area contributed by atoms with Gasteiger partial charge in [-0.25, -0.2) is 8.42 Å². The quantitative estimate of drug-likeness (QED) is 0.874. The molecule has 0 heterocycles. The standard InChI is InChI=1S/C14H24N2O2S/c1-11(2)15-10-12-6-8-13(9-7-12)16-19(17,18)14(3,4)5/h6-9,11,15-16H,10H2,1-5H3. The lowest BCUT2D eigenvalue weighted by Crippen LogP contribution is -2.33. The normalized spacial score (nSPS) is 12.7. The fraction of sp³-hybridized carbons (Fsp3) is 0.571. The van der Waals surface area contributed by atoms with Gasteiger partial charge in [0.1, 0.15) is 0 Å². The molecule has 0 unspecified atom stereocenters. The van der Waals surface area contributed by atoms with Crippen molar-refractivity contribution in [3.05, 3.63) is 29.8 Å². The Kier molecular flexibility index (Phi) is 4.98. The summed E-state index contributed by atoms with van der Waals surface area (Å²) in [5, 5.41) is 3.32. The van der Waals surface area contributed by atoms with Gasteiger partial charge in [-0.2, -0.15) is 0 Å². The Morgan fingerprint density at radius 3 is 2.05 bits per heavy atom. The molecule has 0 amide bonds. The molecule has 0 aromatic heterocycles. The van der Waals surface area contributed by atoms with E-state index in [1.807, 2.05) is 12.1 Å². The molecule has 0 aliphatic carbocycles. The minimum Gasteiger partial charge on any atom is -0.310 e. The minimum absolute atomic E-state index is 0.430. The number of hydrogen-bond donors (Lipinski definition) is 2. The maximum absolute atomic E-state index is 12.0. The van der Waals surface area contributed by atoms with E-state index < -0.39 is 14.8 Å². The lowest BCUT2D eigenvalue weighted by atomic mass is 10.2. The van der Waals surface area contributed by atoms with E-state index in [1.54, 1.807) is 32.9 Å². The molecular formula is C14H24N2O2S. The van der Waals surface area contributed by atoms with Gasteiger partial charge >= 0.3 is 0 Å². The number of benzene rings is 1. The zero-order chi connectivity index (χ0) is 14.7. The maximum Gasteiger partial charge on any atom is 0.237 e. The molecule has 5 heteroatoms. The van der Waals surface area contributed by atoms with Crippen molar-refractivity contribution in [1.82, 2.24) is 5.32 Å². The first-order chi connectivity index (χ1) is 8.62. The highest BCUT2D eigenvalue weighted by atomic mass is 32.2. The molecule has 0 bridgehead atoms. The van der Waals surface area contributed by atoms with Crippen molar-refractivity contribution in [2.45, 2.75) is 52.0 Å². The van der Waals surface area contributed by atoms with Crippen LogP contribution in [0.1, 0.15) is 40.2 Å². The fourth-order valence-corrected chi connectivity index (χ4v) is 2.07. The second kappa shape index (κ2) is 5.92. The molecule has 1 aromatic rings. The Labute approximate surface area is 116 Å². The molecule has 2 N–H and O–H groups in total. The van der Waals surface area contributed by atoms with Crippen molar-refractivity contribution in [1.29, 1.82) is 0 Å². The highest BCUT2D eigenvalue weighted by molar-refractivity contribution is 7.94. The summed E-state index contributed by atoms with van der Waals surface area (Å²) in [4.78, 5) is 0. The molecule has 108 valence electrons. The Morgan fingerprint density at radius 2 is 1.63 bits per heavy atom. The van der Waals surface area contributed by atoms with Crippen molar-refractivity contribution in [2.24, 2.45) is 0 Å². The third kappa shape index (κ3) is 4.84. The molecule has 19 heavy (non-hydrogen) atoms. The van der Waals surface area contributed by atoms with Crippen LogP contribution in [0.3, 0.4) is 0 Å². The van der Waals surface area contributed by atoms with E-state index in [4.69, 9.17) is 0 Å². The van der Waals surface area contributed by atoms with Crippen LogP contribution in [0.5, 0.6) is 0 Å². The van der Waals surface area contributed by atoms with Gasteiger partial charge in [0, 0.05) is 18.3 Å². The van der Waals surface area contributed by atoms with E-state index in [-0.39, 0.29) is 0 Å². The van der Waals surface area contributed by atoms with Crippen LogP contribution in [0.4, 0.5) is 5.69 Å². The van der Waals surface area contributed by atoms with Gasteiger partial charge in [-0.3, -0.25) is 4.72 Å². The summed E-state index contributed by atoms with van der Waals surface area (Å²) in [6, 6.07) is 7.87. The molecular weight excluding hydrogens is 260 g/mol. The highest BCUT2D eigenvalue weighted by Crippen LogP contribution is 2.19. The SMILES string of the molecule is CC(C)NCc1ccc(NS(=O)(=O)C(C)(C)C)cc1. The van der Waals surface area contributed by atoms with Crippen LogP contribution in [0.2, 0.25) is 0 Å². The third-order valence-electron chi connectivity index (χ3n) is 2.73. The van der Waals surface area contributed by atoms with E-state index in [9.17, 15) is 8.42 Å². The lowest BCUT2D eigenvalue weighted by molar-refractivity contribution is 0.566. The van der Waals surface area contributed by atoms with Crippen LogP contribution in [0, 0.1) is 0 Å². The summed E-state index contributed by atoms with van der Waals surface area (Å²) in [7, 11) is -3.35. The van der Waals surface area contributed by atoms with Crippen molar-refractivity contribution < 1.29 is 8.42 Å². The average Bonchev–Trinajstić information content (AvgIpc) is 2.26. The zero-order valence-electron chi connectivity index (χ0n) is 12.3. The number of rotatable bonds is 5. The number of hydrogen-bond acceptors (Lipinski definition) is 3. The Hall–Kier alpha value is -1.07. The third-order valence-corrected chi connectivity index (χ3v) is 4.84. The Balaban J connectivity index is 2.73. The van der Waals surface area contributed by atoms with Crippen LogP contribution in [-0.2, 0) is 16.6 Å². The molecule has 0 saturated heterocycles. The zero-order valence-corrected chi connectivity index (χ0v) is 13.1. The van der Waals surface area contributed by atoms with Crippen molar-refractivity contribution in [2.75, 3.05) is 4.72 Å². The van der Waals surface area contributed by atoms with E-state index in [2.05, 4.69) is 23.9 Å². The van der Waals surface area contributed by atoms with Gasteiger partial charge in [0.15, 0.2) is 0 Å². The van der Waals surface area contributed by atoms with E-state index in [0.29, 0.717) is 11.7 Å². The summed E-state index contributed by atoms with van der Waals surface area (Å²) in [6.45, 7) is 9.99. The van der Waals surface area contributed by atoms with Gasteiger partial charge in [-0.1, -0.05) is 26.0 Å². The van der Waals surface area contributed by atoms with Crippen LogP contribution < -0.4 is 10.0 Å². The van der Waals surface area contributed by atoms with E-state index in [1.165, 1.54) is 0 Å². The van der Waals surface area contributed by atoms with Crippen molar-refractivity contribution in [3.8, 4) is 0 Å². The van der Waals surface area contributed by atoms with E-state index in [0.717, 1.165) is 12.1 Å². The fourth-order valence-electron chi connectivity index (χ4n) is 1.32. The second-order valence-corrected chi connectivity index (χ2v) is 8.39. The summed E-state index contributed by atoms with van der Waals surface area (Å²) in [5.74, 6) is 0. The molecule has 0 aliphatic heterocycles. The molecule has 0 radical (unpaired) electrons. The topological polar surface area (TPSA) is 58.2 Å². The molecule has 0 atom stereocenters. The Bertz CT molecular complexity index is 499. The van der Waals surface area contributed by atoms with Gasteiger partial charge < -0.3 is 5.32 Å². The summed E-state index contributed by atoms with van der Waals surface area (Å²) in [5.41, 5.74) is 1.73. The summed E-state index contributed by atoms with van der Waals surface area (Å²) in [6.07, 6.45) is 0. The number of nitrogens with one attached hydrogen (secondary N) is 2. The summed E-state index contributed by atoms with van der Waals surface area (Å²) < 4.78 is 25.8. The molecule has 0 spiro atoms. The van der Waals surface area contributed by atoms with Crippen LogP contribution in [0.15, 0.2) is 24.3 Å². The number of sulfonamides is 1. The average molecular weight is 284 g/mol. The van der Waals surface area contributed by atoms with E-state index >= 15 is 0 Å². The summed E-state index contributed by atoms with van der Waals surface area (Å²) >= 11 is 0.